The average molecular weight is 242 g/mol. The van der Waals surface area contributed by atoms with Gasteiger partial charge >= 0.3 is 0 Å². The summed E-state index contributed by atoms with van der Waals surface area (Å²) in [6, 6.07) is 15.1. The Labute approximate surface area is 106 Å². The van der Waals surface area contributed by atoms with Crippen LogP contribution in [0.2, 0.25) is 0 Å². The van der Waals surface area contributed by atoms with Gasteiger partial charge in [-0.25, -0.2) is 0 Å². The van der Waals surface area contributed by atoms with Crippen molar-refractivity contribution in [3.63, 3.8) is 0 Å². The van der Waals surface area contributed by atoms with Crippen LogP contribution >= 0.6 is 0 Å². The molecule has 1 saturated heterocycles. The molecule has 18 heavy (non-hydrogen) atoms. The Balaban J connectivity index is 1.95. The fourth-order valence-corrected chi connectivity index (χ4v) is 1.88. The van der Waals surface area contributed by atoms with Crippen molar-refractivity contribution in [2.24, 2.45) is 0 Å². The number of phenols is 1. The van der Waals surface area contributed by atoms with E-state index in [-0.39, 0.29) is 11.9 Å². The minimum absolute atomic E-state index is 0.205. The molecule has 1 heterocycles. The third-order valence-corrected chi connectivity index (χ3v) is 2.89. The van der Waals surface area contributed by atoms with Crippen LogP contribution in [0.4, 0.5) is 0 Å². The zero-order valence-electron chi connectivity index (χ0n) is 9.87. The summed E-state index contributed by atoms with van der Waals surface area (Å²) in [6.07, 6.45) is 0.205. The van der Waals surface area contributed by atoms with Crippen molar-refractivity contribution in [2.75, 3.05) is 13.2 Å². The van der Waals surface area contributed by atoms with Gasteiger partial charge in [0.15, 0.2) is 0 Å². The van der Waals surface area contributed by atoms with Gasteiger partial charge in [0.25, 0.3) is 0 Å². The molecule has 0 saturated carbocycles. The van der Waals surface area contributed by atoms with Gasteiger partial charge in [-0.3, -0.25) is 0 Å². The maximum Gasteiger partial charge on any atom is 0.130 e. The zero-order chi connectivity index (χ0) is 12.4. The third-order valence-electron chi connectivity index (χ3n) is 2.89. The summed E-state index contributed by atoms with van der Waals surface area (Å²) in [7, 11) is 0. The lowest BCUT2D eigenvalue weighted by Crippen LogP contribution is -2.04. The average Bonchev–Trinajstić information content (AvgIpc) is 3.21. The Morgan fingerprint density at radius 1 is 1.11 bits per heavy atom. The van der Waals surface area contributed by atoms with E-state index in [0.717, 1.165) is 17.7 Å². The van der Waals surface area contributed by atoms with Gasteiger partial charge in [-0.1, -0.05) is 36.4 Å². The first-order valence-electron chi connectivity index (χ1n) is 5.96. The van der Waals surface area contributed by atoms with Crippen LogP contribution in [0.25, 0.3) is 11.1 Å². The Kier molecular flexibility index (Phi) is 2.90. The van der Waals surface area contributed by atoms with Crippen LogP contribution in [0.15, 0.2) is 48.5 Å². The van der Waals surface area contributed by atoms with Crippen molar-refractivity contribution in [3.8, 4) is 22.6 Å². The van der Waals surface area contributed by atoms with Crippen molar-refractivity contribution >= 4 is 0 Å². The van der Waals surface area contributed by atoms with Gasteiger partial charge in [0.2, 0.25) is 0 Å². The Bertz CT molecular complexity index is 533. The maximum absolute atomic E-state index is 10.0. The van der Waals surface area contributed by atoms with Gasteiger partial charge in [-0.15, -0.1) is 0 Å². The van der Waals surface area contributed by atoms with Gasteiger partial charge in [0.1, 0.15) is 24.2 Å². The molecule has 0 bridgehead atoms. The molecular weight excluding hydrogens is 228 g/mol. The second-order valence-electron chi connectivity index (χ2n) is 4.28. The summed E-state index contributed by atoms with van der Waals surface area (Å²) in [4.78, 5) is 0. The van der Waals surface area contributed by atoms with Crippen LogP contribution in [0.1, 0.15) is 0 Å². The fraction of sp³-hybridized carbons (Fsp3) is 0.200. The molecule has 3 nitrogen and oxygen atoms in total. The number of rotatable bonds is 4. The van der Waals surface area contributed by atoms with Crippen molar-refractivity contribution in [3.05, 3.63) is 48.5 Å². The van der Waals surface area contributed by atoms with Crippen LogP contribution in [0, 0.1) is 0 Å². The topological polar surface area (TPSA) is 42.0 Å². The van der Waals surface area contributed by atoms with Gasteiger partial charge in [-0.05, 0) is 17.7 Å². The van der Waals surface area contributed by atoms with Gasteiger partial charge < -0.3 is 14.6 Å². The van der Waals surface area contributed by atoms with Crippen molar-refractivity contribution in [1.82, 2.24) is 0 Å². The molecule has 1 aliphatic rings. The molecule has 0 spiro atoms. The largest absolute Gasteiger partial charge is 0.507 e. The van der Waals surface area contributed by atoms with Gasteiger partial charge in [-0.2, -0.15) is 0 Å². The van der Waals surface area contributed by atoms with E-state index in [1.165, 1.54) is 0 Å². The van der Waals surface area contributed by atoms with Gasteiger partial charge in [0.05, 0.1) is 12.2 Å². The number of ether oxygens (including phenoxy) is 2. The SMILES string of the molecule is Oc1cccc(OCC2CO2)c1-c1ccccc1. The molecule has 3 rings (SSSR count). The quantitative estimate of drug-likeness (QED) is 0.838. The second-order valence-corrected chi connectivity index (χ2v) is 4.28. The lowest BCUT2D eigenvalue weighted by Gasteiger charge is -2.12. The summed E-state index contributed by atoms with van der Waals surface area (Å²) in [5, 5.41) is 10.0. The summed E-state index contributed by atoms with van der Waals surface area (Å²) < 4.78 is 10.8. The van der Waals surface area contributed by atoms with E-state index in [1.54, 1.807) is 12.1 Å². The molecule has 2 aromatic carbocycles. The lowest BCUT2D eigenvalue weighted by atomic mass is 10.0. The normalized spacial score (nSPS) is 17.4. The van der Waals surface area contributed by atoms with E-state index in [2.05, 4.69) is 0 Å². The lowest BCUT2D eigenvalue weighted by molar-refractivity contribution is 0.263. The fourth-order valence-electron chi connectivity index (χ4n) is 1.88. The van der Waals surface area contributed by atoms with Crippen molar-refractivity contribution in [1.29, 1.82) is 0 Å². The highest BCUT2D eigenvalue weighted by Crippen LogP contribution is 2.37. The summed E-state index contributed by atoms with van der Waals surface area (Å²) >= 11 is 0. The van der Waals surface area contributed by atoms with E-state index < -0.39 is 0 Å². The standard InChI is InChI=1S/C15H14O3/c16-13-7-4-8-14(18-10-12-9-17-12)15(13)11-5-2-1-3-6-11/h1-8,12,16H,9-10H2. The molecule has 1 atom stereocenters. The summed E-state index contributed by atoms with van der Waals surface area (Å²) in [5.41, 5.74) is 1.68. The molecule has 2 aromatic rings. The highest BCUT2D eigenvalue weighted by atomic mass is 16.6. The molecule has 92 valence electrons. The zero-order valence-corrected chi connectivity index (χ0v) is 9.87. The molecule has 0 radical (unpaired) electrons. The van der Waals surface area contributed by atoms with Crippen LogP contribution in [-0.4, -0.2) is 24.4 Å². The van der Waals surface area contributed by atoms with E-state index in [0.29, 0.717) is 12.4 Å². The van der Waals surface area contributed by atoms with Crippen LogP contribution < -0.4 is 4.74 Å². The predicted molar refractivity (Wildman–Crippen MR) is 68.8 cm³/mol. The van der Waals surface area contributed by atoms with Crippen LogP contribution in [-0.2, 0) is 4.74 Å². The molecule has 1 unspecified atom stereocenters. The van der Waals surface area contributed by atoms with E-state index in [9.17, 15) is 5.11 Å². The van der Waals surface area contributed by atoms with Gasteiger partial charge in [0, 0.05) is 0 Å². The van der Waals surface area contributed by atoms with Crippen molar-refractivity contribution < 1.29 is 14.6 Å². The number of aromatic hydroxyl groups is 1. The first-order chi connectivity index (χ1) is 8.84. The second kappa shape index (κ2) is 4.70. The predicted octanol–water partition coefficient (Wildman–Crippen LogP) is 2.84. The van der Waals surface area contributed by atoms with Crippen LogP contribution in [0.3, 0.4) is 0 Å². The molecule has 1 aliphatic heterocycles. The first kappa shape index (κ1) is 11.1. The number of benzene rings is 2. The number of hydrogen-bond acceptors (Lipinski definition) is 3. The molecule has 0 aliphatic carbocycles. The minimum Gasteiger partial charge on any atom is -0.507 e. The number of phenolic OH excluding ortho intramolecular Hbond substituents is 1. The smallest absolute Gasteiger partial charge is 0.130 e. The molecule has 0 amide bonds. The maximum atomic E-state index is 10.0. The number of epoxide rings is 1. The number of hydrogen-bond donors (Lipinski definition) is 1. The van der Waals surface area contributed by atoms with E-state index in [4.69, 9.17) is 9.47 Å². The molecule has 0 aromatic heterocycles. The molecule has 3 heteroatoms. The Morgan fingerprint density at radius 2 is 1.89 bits per heavy atom. The van der Waals surface area contributed by atoms with E-state index >= 15 is 0 Å². The monoisotopic (exact) mass is 242 g/mol. The first-order valence-corrected chi connectivity index (χ1v) is 5.96. The third kappa shape index (κ3) is 2.31. The molecular formula is C15H14O3. The summed E-state index contributed by atoms with van der Waals surface area (Å²) in [6.45, 7) is 1.29. The highest BCUT2D eigenvalue weighted by molar-refractivity contribution is 5.76. The summed E-state index contributed by atoms with van der Waals surface area (Å²) in [5.74, 6) is 0.923. The minimum atomic E-state index is 0.205. The Hall–Kier alpha value is -2.00. The van der Waals surface area contributed by atoms with Crippen LogP contribution in [0.5, 0.6) is 11.5 Å². The van der Waals surface area contributed by atoms with Crippen molar-refractivity contribution in [2.45, 2.75) is 6.10 Å². The Morgan fingerprint density at radius 3 is 2.61 bits per heavy atom. The molecule has 1 fully saturated rings. The van der Waals surface area contributed by atoms with E-state index in [1.807, 2.05) is 36.4 Å². The highest BCUT2D eigenvalue weighted by Gasteiger charge is 2.24. The molecule has 1 N–H and O–H groups in total.